The molecule has 1 atom stereocenters. The van der Waals surface area contributed by atoms with Crippen LogP contribution in [0.3, 0.4) is 0 Å². The molecule has 76 valence electrons. The van der Waals surface area contributed by atoms with Gasteiger partial charge < -0.3 is 11.5 Å². The third kappa shape index (κ3) is 2.78. The van der Waals surface area contributed by atoms with Crippen LogP contribution in [0, 0.1) is 5.82 Å². The van der Waals surface area contributed by atoms with Crippen molar-refractivity contribution in [1.82, 2.24) is 0 Å². The van der Waals surface area contributed by atoms with E-state index in [4.69, 9.17) is 11.5 Å². The predicted octanol–water partition coefficient (Wildman–Crippen LogP) is 0.943. The molecule has 1 rings (SSSR count). The number of benzene rings is 1. The number of nitrogens with two attached hydrogens (primary N) is 2. The van der Waals surface area contributed by atoms with E-state index in [1.807, 2.05) is 0 Å². The van der Waals surface area contributed by atoms with Gasteiger partial charge in [-0.15, -0.1) is 0 Å². The molecule has 0 saturated heterocycles. The summed E-state index contributed by atoms with van der Waals surface area (Å²) >= 11 is 3.20. The monoisotopic (exact) mass is 260 g/mol. The fourth-order valence-corrected chi connectivity index (χ4v) is 1.45. The van der Waals surface area contributed by atoms with Crippen molar-refractivity contribution in [1.29, 1.82) is 0 Å². The van der Waals surface area contributed by atoms with Crippen molar-refractivity contribution >= 4 is 21.8 Å². The second-order valence-corrected chi connectivity index (χ2v) is 3.86. The molecular formula is C9H10BrFN2O. The summed E-state index contributed by atoms with van der Waals surface area (Å²) in [5.74, 6) is -1.02. The first-order chi connectivity index (χ1) is 6.50. The number of hydrogen-bond donors (Lipinski definition) is 2. The Morgan fingerprint density at radius 2 is 2.21 bits per heavy atom. The molecule has 0 bridgehead atoms. The van der Waals surface area contributed by atoms with Crippen molar-refractivity contribution in [2.45, 2.75) is 12.5 Å². The summed E-state index contributed by atoms with van der Waals surface area (Å²) in [4.78, 5) is 10.7. The molecule has 0 radical (unpaired) electrons. The molecule has 0 fully saturated rings. The molecule has 14 heavy (non-hydrogen) atoms. The summed E-state index contributed by atoms with van der Waals surface area (Å²) < 4.78 is 13.9. The van der Waals surface area contributed by atoms with E-state index in [2.05, 4.69) is 15.9 Å². The normalized spacial score (nSPS) is 12.5. The lowest BCUT2D eigenvalue weighted by Gasteiger charge is -2.08. The van der Waals surface area contributed by atoms with E-state index in [-0.39, 0.29) is 12.2 Å². The number of halogens is 2. The Morgan fingerprint density at radius 1 is 1.57 bits per heavy atom. The molecule has 1 aromatic carbocycles. The fourth-order valence-electron chi connectivity index (χ4n) is 1.04. The summed E-state index contributed by atoms with van der Waals surface area (Å²) in [6.45, 7) is 0. The van der Waals surface area contributed by atoms with Gasteiger partial charge in [-0.25, -0.2) is 4.39 Å². The summed E-state index contributed by atoms with van der Waals surface area (Å²) in [6, 6.07) is 3.62. The van der Waals surface area contributed by atoms with Crippen molar-refractivity contribution < 1.29 is 9.18 Å². The second-order valence-electron chi connectivity index (χ2n) is 2.95. The molecule has 5 heteroatoms. The van der Waals surface area contributed by atoms with E-state index in [1.54, 1.807) is 12.1 Å². The first-order valence-electron chi connectivity index (χ1n) is 3.99. The van der Waals surface area contributed by atoms with Gasteiger partial charge in [-0.05, 0) is 30.2 Å². The minimum atomic E-state index is -0.848. The van der Waals surface area contributed by atoms with E-state index in [1.165, 1.54) is 6.07 Å². The maximum absolute atomic E-state index is 13.2. The molecule has 4 N–H and O–H groups in total. The van der Waals surface area contributed by atoms with Gasteiger partial charge in [0.2, 0.25) is 5.91 Å². The molecule has 0 aliphatic carbocycles. The van der Waals surface area contributed by atoms with E-state index in [9.17, 15) is 9.18 Å². The van der Waals surface area contributed by atoms with E-state index < -0.39 is 11.9 Å². The standard InChI is InChI=1S/C9H10BrFN2O/c10-6-1-2-7(11)5(3-6)4-8(12)9(13)14/h1-3,8H,4,12H2,(H2,13,14)/t8-/m0/s1. The number of carbonyl (C=O) groups excluding carboxylic acids is 1. The third-order valence-electron chi connectivity index (χ3n) is 1.81. The highest BCUT2D eigenvalue weighted by Crippen LogP contribution is 2.16. The number of amides is 1. The predicted molar refractivity (Wildman–Crippen MR) is 55.0 cm³/mol. The minimum absolute atomic E-state index is 0.112. The first-order valence-corrected chi connectivity index (χ1v) is 4.79. The minimum Gasteiger partial charge on any atom is -0.368 e. The molecule has 0 aliphatic rings. The van der Waals surface area contributed by atoms with Gasteiger partial charge in [0, 0.05) is 4.47 Å². The van der Waals surface area contributed by atoms with Gasteiger partial charge in [-0.2, -0.15) is 0 Å². The Labute approximate surface area is 89.4 Å². The molecule has 0 unspecified atom stereocenters. The highest BCUT2D eigenvalue weighted by Gasteiger charge is 2.12. The third-order valence-corrected chi connectivity index (χ3v) is 2.31. The van der Waals surface area contributed by atoms with Gasteiger partial charge in [0.25, 0.3) is 0 Å². The molecule has 0 aliphatic heterocycles. The van der Waals surface area contributed by atoms with Crippen LogP contribution in [0.2, 0.25) is 0 Å². The Balaban J connectivity index is 2.85. The summed E-state index contributed by atoms with van der Waals surface area (Å²) in [6.07, 6.45) is 0.112. The molecule has 0 saturated carbocycles. The second kappa shape index (κ2) is 4.52. The summed E-state index contributed by atoms with van der Waals surface area (Å²) in [5.41, 5.74) is 10.8. The fraction of sp³-hybridized carbons (Fsp3) is 0.222. The van der Waals surface area contributed by atoms with Crippen LogP contribution in [0.15, 0.2) is 22.7 Å². The van der Waals surface area contributed by atoms with Crippen LogP contribution in [0.1, 0.15) is 5.56 Å². The highest BCUT2D eigenvalue weighted by molar-refractivity contribution is 9.10. The van der Waals surface area contributed by atoms with Gasteiger partial charge in [0.05, 0.1) is 6.04 Å². The molecular weight excluding hydrogens is 251 g/mol. The lowest BCUT2D eigenvalue weighted by molar-refractivity contribution is -0.119. The van der Waals surface area contributed by atoms with Gasteiger partial charge in [0.15, 0.2) is 0 Å². The van der Waals surface area contributed by atoms with Crippen LogP contribution in [-0.2, 0) is 11.2 Å². The van der Waals surface area contributed by atoms with Crippen LogP contribution in [0.4, 0.5) is 4.39 Å². The Kier molecular flexibility index (Phi) is 3.60. The van der Waals surface area contributed by atoms with Crippen molar-refractivity contribution in [3.05, 3.63) is 34.1 Å². The van der Waals surface area contributed by atoms with E-state index in [0.717, 1.165) is 4.47 Å². The van der Waals surface area contributed by atoms with Crippen molar-refractivity contribution in [3.63, 3.8) is 0 Å². The highest BCUT2D eigenvalue weighted by atomic mass is 79.9. The van der Waals surface area contributed by atoms with Crippen molar-refractivity contribution in [3.8, 4) is 0 Å². The quantitative estimate of drug-likeness (QED) is 0.850. The first kappa shape index (κ1) is 11.1. The smallest absolute Gasteiger partial charge is 0.234 e. The molecule has 0 aromatic heterocycles. The van der Waals surface area contributed by atoms with Crippen LogP contribution in [0.5, 0.6) is 0 Å². The van der Waals surface area contributed by atoms with Crippen LogP contribution < -0.4 is 11.5 Å². The number of hydrogen-bond acceptors (Lipinski definition) is 2. The maximum Gasteiger partial charge on any atom is 0.234 e. The number of carbonyl (C=O) groups is 1. The molecule has 0 heterocycles. The molecule has 1 aromatic rings. The topological polar surface area (TPSA) is 69.1 Å². The molecule has 1 amide bonds. The van der Waals surface area contributed by atoms with Gasteiger partial charge in [-0.1, -0.05) is 15.9 Å². The van der Waals surface area contributed by atoms with Crippen molar-refractivity contribution in [2.75, 3.05) is 0 Å². The molecule has 3 nitrogen and oxygen atoms in total. The zero-order valence-electron chi connectivity index (χ0n) is 7.34. The van der Waals surface area contributed by atoms with Gasteiger partial charge in [-0.3, -0.25) is 4.79 Å². The van der Waals surface area contributed by atoms with E-state index in [0.29, 0.717) is 5.56 Å². The number of primary amides is 1. The van der Waals surface area contributed by atoms with E-state index >= 15 is 0 Å². The summed E-state index contributed by atoms with van der Waals surface area (Å²) in [5, 5.41) is 0. The Bertz CT molecular complexity index is 357. The zero-order chi connectivity index (χ0) is 10.7. The molecule has 0 spiro atoms. The SMILES string of the molecule is NC(=O)[C@@H](N)Cc1cc(Br)ccc1F. The van der Waals surface area contributed by atoms with Gasteiger partial charge >= 0.3 is 0 Å². The van der Waals surface area contributed by atoms with Crippen molar-refractivity contribution in [2.24, 2.45) is 11.5 Å². The number of rotatable bonds is 3. The largest absolute Gasteiger partial charge is 0.368 e. The van der Waals surface area contributed by atoms with Crippen LogP contribution in [-0.4, -0.2) is 11.9 Å². The van der Waals surface area contributed by atoms with Gasteiger partial charge in [0.1, 0.15) is 5.82 Å². The Hall–Kier alpha value is -0.940. The average molecular weight is 261 g/mol. The lowest BCUT2D eigenvalue weighted by Crippen LogP contribution is -2.38. The zero-order valence-corrected chi connectivity index (χ0v) is 8.92. The maximum atomic E-state index is 13.2. The van der Waals surface area contributed by atoms with Crippen LogP contribution >= 0.6 is 15.9 Å². The summed E-state index contributed by atoms with van der Waals surface area (Å²) in [7, 11) is 0. The van der Waals surface area contributed by atoms with Crippen LogP contribution in [0.25, 0.3) is 0 Å². The average Bonchev–Trinajstić information content (AvgIpc) is 2.11. The lowest BCUT2D eigenvalue weighted by atomic mass is 10.1. The Morgan fingerprint density at radius 3 is 2.79 bits per heavy atom.